The summed E-state index contributed by atoms with van der Waals surface area (Å²) < 4.78 is 52.7. The minimum atomic E-state index is -5.19. The van der Waals surface area contributed by atoms with Crippen LogP contribution in [0, 0.1) is 0 Å². The number of aliphatic hydroxyl groups excluding tert-OH is 7. The van der Waals surface area contributed by atoms with E-state index in [-0.39, 0.29) is 57.1 Å². The van der Waals surface area contributed by atoms with Gasteiger partial charge in [-0.25, -0.2) is 18.8 Å². The Hall–Kier alpha value is -3.06. The SMILES string of the molecule is CCCc1ncc(/C=C(\Cc2cccs2)C(=O)O)n1Cc1ccc(C(=O)O)c2ccccc12.O.O.O=S(=O)(O)O[C@H]1[C@H](O)[C@@H](CO)O[C@@]1(CO)O[C@H]1O[C@H](CO)[C@@H](O)[C@H](O)[C@H]1O.[Ca+2].[H-].[H-]. The molecular formula is C38H52CaN2O20S2. The third kappa shape index (κ3) is 13.3. The Labute approximate surface area is 396 Å². The van der Waals surface area contributed by atoms with Gasteiger partial charge >= 0.3 is 60.1 Å². The van der Waals surface area contributed by atoms with Crippen LogP contribution >= 0.6 is 11.3 Å². The molecule has 4 aromatic rings. The molecule has 2 fully saturated rings. The number of thiophene rings is 1. The van der Waals surface area contributed by atoms with E-state index in [9.17, 15) is 58.9 Å². The van der Waals surface area contributed by atoms with Gasteiger partial charge in [0, 0.05) is 29.8 Å². The van der Waals surface area contributed by atoms with Crippen molar-refractivity contribution < 1.29 is 101 Å². The molecule has 0 aliphatic carbocycles. The molecule has 4 heterocycles. The number of carboxylic acids is 2. The number of rotatable bonds is 16. The Kier molecular flexibility index (Phi) is 21.8. The van der Waals surface area contributed by atoms with Crippen LogP contribution < -0.4 is 0 Å². The zero-order chi connectivity index (χ0) is 43.9. The first-order valence-corrected chi connectivity index (χ1v) is 20.7. The minimum Gasteiger partial charge on any atom is -1.00 e. The van der Waals surface area contributed by atoms with Crippen LogP contribution in [0.2, 0.25) is 0 Å². The third-order valence-electron chi connectivity index (χ3n) is 9.82. The summed E-state index contributed by atoms with van der Waals surface area (Å²) in [5.41, 5.74) is 2.24. The molecule has 2 aromatic heterocycles. The topological polar surface area (TPSA) is 388 Å². The second kappa shape index (κ2) is 24.5. The maximum absolute atomic E-state index is 12.0. The van der Waals surface area contributed by atoms with Crippen LogP contribution in [0.5, 0.6) is 0 Å². The van der Waals surface area contributed by atoms with Gasteiger partial charge in [-0.1, -0.05) is 43.3 Å². The Morgan fingerprint density at radius 1 is 0.937 bits per heavy atom. The molecule has 63 heavy (non-hydrogen) atoms. The number of carbonyl (C=O) groups is 2. The van der Waals surface area contributed by atoms with Gasteiger partial charge in [-0.3, -0.25) is 4.55 Å². The van der Waals surface area contributed by atoms with Gasteiger partial charge in [0.25, 0.3) is 0 Å². The molecular weight excluding hydrogens is 909 g/mol. The second-order valence-corrected chi connectivity index (χ2v) is 15.9. The molecule has 348 valence electrons. The van der Waals surface area contributed by atoms with Crippen molar-refractivity contribution in [3.63, 3.8) is 0 Å². The van der Waals surface area contributed by atoms with Crippen LogP contribution in [0.15, 0.2) is 65.7 Å². The molecule has 0 saturated carbocycles. The van der Waals surface area contributed by atoms with Crippen molar-refractivity contribution in [2.75, 3.05) is 19.8 Å². The van der Waals surface area contributed by atoms with Crippen molar-refractivity contribution >= 4 is 88.3 Å². The normalized spacial score (nSPS) is 25.8. The van der Waals surface area contributed by atoms with E-state index in [0.29, 0.717) is 23.9 Å². The quantitative estimate of drug-likeness (QED) is 0.0334. The smallest absolute Gasteiger partial charge is 1.00 e. The standard InChI is InChI=1S/C26H24N2O4S.C12H22O14S.Ca.2H2O.2H/c1-2-6-24-27-15-19(13-18(25(29)30)14-20-7-5-12-33-20)28(24)16-17-10-11-23(26(31)32)22-9-4-3-8-21(17)22;13-1-4-6(16)8(18)9(19)11(23-4)25-12(3-15)10(26-27(20,21)22)7(17)5(2-14)24-12;;;;;/h3-5,7-13,15H,2,6,14,16H2,1H3,(H,29,30)(H,31,32);4-11,13-19H,1-3H2,(H,20,21,22);;2*1H2;;/q;;+2;;;2*-1/b18-13+;;;;;;/t;4-,5-,6-,7-,8+,9-,10+,11-,12+;;;;;/m.1...../s1. The van der Waals surface area contributed by atoms with E-state index >= 15 is 0 Å². The van der Waals surface area contributed by atoms with E-state index in [2.05, 4.69) is 16.1 Å². The molecule has 25 heteroatoms. The summed E-state index contributed by atoms with van der Waals surface area (Å²) in [6.07, 6.45) is -8.95. The number of hydrogen-bond donors (Lipinski definition) is 10. The van der Waals surface area contributed by atoms with Crippen LogP contribution in [0.4, 0.5) is 0 Å². The first-order chi connectivity index (χ1) is 28.5. The van der Waals surface area contributed by atoms with E-state index < -0.39 is 97.0 Å². The van der Waals surface area contributed by atoms with Crippen molar-refractivity contribution in [3.05, 3.63) is 93.2 Å². The van der Waals surface area contributed by atoms with Crippen molar-refractivity contribution in [1.29, 1.82) is 0 Å². The van der Waals surface area contributed by atoms with E-state index in [1.807, 2.05) is 52.4 Å². The summed E-state index contributed by atoms with van der Waals surface area (Å²) in [6.45, 7) is -0.342. The van der Waals surface area contributed by atoms with Gasteiger partial charge in [0.1, 0.15) is 49.1 Å². The molecule has 0 bridgehead atoms. The van der Waals surface area contributed by atoms with Gasteiger partial charge in [-0.2, -0.15) is 8.42 Å². The molecule has 9 atom stereocenters. The van der Waals surface area contributed by atoms with Crippen LogP contribution in [0.3, 0.4) is 0 Å². The fraction of sp³-hybridized carbons (Fsp3) is 0.447. The number of ether oxygens (including phenoxy) is 3. The maximum atomic E-state index is 12.0. The van der Waals surface area contributed by atoms with Crippen LogP contribution in [0.25, 0.3) is 16.8 Å². The fourth-order valence-corrected chi connectivity index (χ4v) is 8.10. The fourth-order valence-electron chi connectivity index (χ4n) is 6.85. The summed E-state index contributed by atoms with van der Waals surface area (Å²) in [5.74, 6) is -3.62. The first-order valence-electron chi connectivity index (χ1n) is 18.4. The van der Waals surface area contributed by atoms with E-state index in [1.54, 1.807) is 18.3 Å². The van der Waals surface area contributed by atoms with E-state index in [0.717, 1.165) is 40.2 Å². The summed E-state index contributed by atoms with van der Waals surface area (Å²) in [7, 11) is -5.19. The Bertz CT molecular complexity index is 2250. The molecule has 0 amide bonds. The van der Waals surface area contributed by atoms with Crippen molar-refractivity contribution in [2.24, 2.45) is 0 Å². The molecule has 0 spiro atoms. The zero-order valence-corrected chi connectivity index (χ0v) is 37.4. The maximum Gasteiger partial charge on any atom is 2.00 e. The molecule has 2 aliphatic rings. The van der Waals surface area contributed by atoms with Gasteiger partial charge < -0.3 is 78.5 Å². The number of aromatic nitrogens is 2. The van der Waals surface area contributed by atoms with Crippen molar-refractivity contribution in [3.8, 4) is 0 Å². The van der Waals surface area contributed by atoms with Crippen LogP contribution in [-0.2, 0) is 53.0 Å². The number of fused-ring (bicyclic) bond motifs is 1. The number of hydrogen-bond acceptors (Lipinski definition) is 17. The third-order valence-corrected chi connectivity index (χ3v) is 11.1. The number of aryl methyl sites for hydroxylation is 1. The number of benzene rings is 2. The number of aliphatic hydroxyl groups is 7. The number of imidazole rings is 1. The van der Waals surface area contributed by atoms with Gasteiger partial charge in [-0.05, 0) is 46.3 Å². The van der Waals surface area contributed by atoms with Gasteiger partial charge in [-0.15, -0.1) is 11.3 Å². The number of carboxylic acid groups (broad SMARTS) is 2. The number of aliphatic carboxylic acids is 1. The molecule has 2 saturated heterocycles. The predicted molar refractivity (Wildman–Crippen MR) is 224 cm³/mol. The summed E-state index contributed by atoms with van der Waals surface area (Å²) in [5, 5.41) is 90.5. The molecule has 2 aliphatic heterocycles. The summed E-state index contributed by atoms with van der Waals surface area (Å²) >= 11 is 1.53. The average molecular weight is 961 g/mol. The predicted octanol–water partition coefficient (Wildman–Crippen LogP) is -1.87. The summed E-state index contributed by atoms with van der Waals surface area (Å²) in [6, 6.07) is 14.8. The second-order valence-electron chi connectivity index (χ2n) is 13.8. The van der Waals surface area contributed by atoms with Crippen LogP contribution in [-0.4, -0.2) is 204 Å². The number of nitrogens with zero attached hydrogens (tertiary/aromatic N) is 2. The van der Waals surface area contributed by atoms with E-state index in [1.165, 1.54) is 11.3 Å². The molecule has 0 unspecified atom stereocenters. The molecule has 22 nitrogen and oxygen atoms in total. The van der Waals surface area contributed by atoms with Crippen molar-refractivity contribution in [2.45, 2.75) is 87.5 Å². The Morgan fingerprint density at radius 2 is 1.60 bits per heavy atom. The van der Waals surface area contributed by atoms with E-state index in [4.69, 9.17) is 23.9 Å². The Balaban J connectivity index is 0.00000119. The zero-order valence-electron chi connectivity index (χ0n) is 35.6. The first kappa shape index (κ1) is 56.1. The number of aromatic carboxylic acids is 1. The van der Waals surface area contributed by atoms with Gasteiger partial charge in [0.2, 0.25) is 5.79 Å². The molecule has 6 rings (SSSR count). The largest absolute Gasteiger partial charge is 2.00 e. The molecule has 14 N–H and O–H groups in total. The van der Waals surface area contributed by atoms with Crippen LogP contribution in [0.1, 0.15) is 48.5 Å². The summed E-state index contributed by atoms with van der Waals surface area (Å²) in [4.78, 5) is 29.2. The monoisotopic (exact) mass is 960 g/mol. The molecule has 2 aromatic carbocycles. The molecule has 0 radical (unpaired) electrons. The minimum absolute atomic E-state index is 0. The van der Waals surface area contributed by atoms with Crippen molar-refractivity contribution in [1.82, 2.24) is 9.55 Å². The Morgan fingerprint density at radius 3 is 2.16 bits per heavy atom. The van der Waals surface area contributed by atoms with Gasteiger partial charge in [0.05, 0.1) is 30.7 Å². The average Bonchev–Trinajstić information content (AvgIpc) is 3.93. The van der Waals surface area contributed by atoms with Gasteiger partial charge in [0.15, 0.2) is 12.4 Å².